The summed E-state index contributed by atoms with van der Waals surface area (Å²) in [7, 11) is 0. The van der Waals surface area contributed by atoms with Crippen molar-refractivity contribution in [2.75, 3.05) is 19.6 Å². The molecular formula is C11H15N5O4. The van der Waals surface area contributed by atoms with Crippen LogP contribution >= 0.6 is 0 Å². The molecule has 0 aromatic carbocycles. The lowest BCUT2D eigenvalue weighted by molar-refractivity contribution is -0.389. The van der Waals surface area contributed by atoms with Gasteiger partial charge in [0.2, 0.25) is 18.1 Å². The van der Waals surface area contributed by atoms with Gasteiger partial charge in [0.05, 0.1) is 0 Å². The second kappa shape index (κ2) is 6.13. The fourth-order valence-corrected chi connectivity index (χ4v) is 1.96. The molecule has 20 heavy (non-hydrogen) atoms. The summed E-state index contributed by atoms with van der Waals surface area (Å²) in [6.45, 7) is 1.70. The molecular weight excluding hydrogens is 266 g/mol. The maximum atomic E-state index is 12.0. The van der Waals surface area contributed by atoms with E-state index in [2.05, 4.69) is 10.3 Å². The van der Waals surface area contributed by atoms with Crippen molar-refractivity contribution < 1.29 is 14.5 Å². The maximum Gasteiger partial charge on any atom is 0.381 e. The van der Waals surface area contributed by atoms with Gasteiger partial charge in [-0.25, -0.2) is 0 Å². The number of amides is 2. The van der Waals surface area contributed by atoms with Gasteiger partial charge in [-0.3, -0.25) is 9.59 Å². The molecule has 0 atom stereocenters. The minimum atomic E-state index is -0.579. The van der Waals surface area contributed by atoms with Crippen molar-refractivity contribution in [3.63, 3.8) is 0 Å². The van der Waals surface area contributed by atoms with E-state index >= 15 is 0 Å². The molecule has 9 heteroatoms. The van der Waals surface area contributed by atoms with Crippen LogP contribution in [0.15, 0.2) is 12.5 Å². The number of carbonyl (C=O) groups is 2. The van der Waals surface area contributed by atoms with Gasteiger partial charge in [0.25, 0.3) is 0 Å². The molecule has 9 nitrogen and oxygen atoms in total. The molecule has 0 bridgehead atoms. The molecule has 1 aliphatic rings. The molecule has 1 N–H and O–H groups in total. The monoisotopic (exact) mass is 281 g/mol. The molecule has 2 rings (SSSR count). The standard InChI is InChI=1S/C11H15N5O4/c17-10-1-5-15(6-3-12-10)11(18)2-4-14-7-9(13-8-14)16(19)20/h7-8H,1-6H2,(H,12,17). The van der Waals surface area contributed by atoms with E-state index < -0.39 is 4.92 Å². The zero-order valence-corrected chi connectivity index (χ0v) is 10.8. The van der Waals surface area contributed by atoms with Gasteiger partial charge < -0.3 is 24.9 Å². The first-order chi connectivity index (χ1) is 9.56. The van der Waals surface area contributed by atoms with Crippen LogP contribution in [-0.2, 0) is 16.1 Å². The Balaban J connectivity index is 1.84. The van der Waals surface area contributed by atoms with Crippen LogP contribution in [0, 0.1) is 10.1 Å². The fourth-order valence-electron chi connectivity index (χ4n) is 1.96. The number of nitrogens with zero attached hydrogens (tertiary/aromatic N) is 4. The molecule has 0 unspecified atom stereocenters. The van der Waals surface area contributed by atoms with Gasteiger partial charge in [-0.2, -0.15) is 0 Å². The Morgan fingerprint density at radius 2 is 2.30 bits per heavy atom. The third kappa shape index (κ3) is 3.53. The first-order valence-electron chi connectivity index (χ1n) is 6.27. The lowest BCUT2D eigenvalue weighted by atomic mass is 10.3. The number of carbonyl (C=O) groups excluding carboxylic acids is 2. The summed E-state index contributed by atoms with van der Waals surface area (Å²) in [6.07, 6.45) is 3.16. The third-order valence-electron chi connectivity index (χ3n) is 3.06. The van der Waals surface area contributed by atoms with Crippen molar-refractivity contribution >= 4 is 17.6 Å². The lowest BCUT2D eigenvalue weighted by Crippen LogP contribution is -2.34. The van der Waals surface area contributed by atoms with Gasteiger partial charge in [0.1, 0.15) is 6.20 Å². The van der Waals surface area contributed by atoms with E-state index in [0.29, 0.717) is 32.6 Å². The molecule has 108 valence electrons. The molecule has 0 spiro atoms. The number of aryl methyl sites for hydroxylation is 1. The molecule has 1 aromatic heterocycles. The largest absolute Gasteiger partial charge is 0.381 e. The first-order valence-corrected chi connectivity index (χ1v) is 6.27. The summed E-state index contributed by atoms with van der Waals surface area (Å²) in [6, 6.07) is 0. The highest BCUT2D eigenvalue weighted by atomic mass is 16.6. The fraction of sp³-hybridized carbons (Fsp3) is 0.545. The van der Waals surface area contributed by atoms with E-state index in [1.807, 2.05) is 0 Å². The van der Waals surface area contributed by atoms with Gasteiger partial charge in [0.15, 0.2) is 0 Å². The van der Waals surface area contributed by atoms with Crippen LogP contribution in [0.1, 0.15) is 12.8 Å². The van der Waals surface area contributed by atoms with E-state index in [0.717, 1.165) is 0 Å². The van der Waals surface area contributed by atoms with Crippen LogP contribution < -0.4 is 5.32 Å². The molecule has 2 amide bonds. The minimum absolute atomic E-state index is 0.0504. The average Bonchev–Trinajstić information content (AvgIpc) is 2.79. The van der Waals surface area contributed by atoms with Crippen molar-refractivity contribution in [3.8, 4) is 0 Å². The zero-order chi connectivity index (χ0) is 14.5. The highest BCUT2D eigenvalue weighted by Crippen LogP contribution is 2.07. The number of nitrogens with one attached hydrogen (secondary N) is 1. The summed E-state index contributed by atoms with van der Waals surface area (Å²) in [4.78, 5) is 38.3. The van der Waals surface area contributed by atoms with Crippen molar-refractivity contribution in [2.24, 2.45) is 0 Å². The summed E-state index contributed by atoms with van der Waals surface area (Å²) in [5.74, 6) is -0.356. The Morgan fingerprint density at radius 1 is 1.50 bits per heavy atom. The van der Waals surface area contributed by atoms with Crippen LogP contribution in [0.3, 0.4) is 0 Å². The Bertz CT molecular complexity index is 527. The number of imidazole rings is 1. The molecule has 1 saturated heterocycles. The highest BCUT2D eigenvalue weighted by molar-refractivity contribution is 5.80. The van der Waals surface area contributed by atoms with Gasteiger partial charge in [0, 0.05) is 39.0 Å². The molecule has 2 heterocycles. The van der Waals surface area contributed by atoms with Gasteiger partial charge in [-0.05, 0) is 9.91 Å². The number of aromatic nitrogens is 2. The quantitative estimate of drug-likeness (QED) is 0.592. The minimum Gasteiger partial charge on any atom is -0.358 e. The molecule has 1 aromatic rings. The predicted molar refractivity (Wildman–Crippen MR) is 67.7 cm³/mol. The topological polar surface area (TPSA) is 110 Å². The normalized spacial score (nSPS) is 15.6. The van der Waals surface area contributed by atoms with E-state index in [4.69, 9.17) is 0 Å². The number of hydrogen-bond donors (Lipinski definition) is 1. The van der Waals surface area contributed by atoms with E-state index in [9.17, 15) is 19.7 Å². The van der Waals surface area contributed by atoms with Crippen molar-refractivity contribution in [1.29, 1.82) is 0 Å². The summed E-state index contributed by atoms with van der Waals surface area (Å²) < 4.78 is 1.51. The highest BCUT2D eigenvalue weighted by Gasteiger charge is 2.18. The molecule has 0 saturated carbocycles. The Kier molecular flexibility index (Phi) is 4.28. The summed E-state index contributed by atoms with van der Waals surface area (Å²) in [5, 5.41) is 13.2. The maximum absolute atomic E-state index is 12.0. The molecule has 0 radical (unpaired) electrons. The van der Waals surface area contributed by atoms with Gasteiger partial charge >= 0.3 is 5.82 Å². The van der Waals surface area contributed by atoms with Crippen molar-refractivity contribution in [2.45, 2.75) is 19.4 Å². The van der Waals surface area contributed by atoms with Crippen LogP contribution in [0.2, 0.25) is 0 Å². The summed E-state index contributed by atoms with van der Waals surface area (Å²) in [5.41, 5.74) is 0. The van der Waals surface area contributed by atoms with E-state index in [1.54, 1.807) is 4.90 Å². The second-order valence-corrected chi connectivity index (χ2v) is 4.46. The van der Waals surface area contributed by atoms with Crippen molar-refractivity contribution in [3.05, 3.63) is 22.6 Å². The molecule has 1 aliphatic heterocycles. The molecule has 1 fully saturated rings. The first kappa shape index (κ1) is 14.0. The Morgan fingerprint density at radius 3 is 3.00 bits per heavy atom. The zero-order valence-electron chi connectivity index (χ0n) is 10.8. The number of rotatable bonds is 4. The SMILES string of the molecule is O=C1CCN(C(=O)CCn2cnc([N+](=O)[O-])c2)CCN1. The third-order valence-corrected chi connectivity index (χ3v) is 3.06. The van der Waals surface area contributed by atoms with Crippen LogP contribution in [-0.4, -0.2) is 50.8 Å². The lowest BCUT2D eigenvalue weighted by Gasteiger charge is -2.19. The Labute approximate surface area is 114 Å². The van der Waals surface area contributed by atoms with Crippen LogP contribution in [0.5, 0.6) is 0 Å². The van der Waals surface area contributed by atoms with E-state index in [1.165, 1.54) is 17.1 Å². The predicted octanol–water partition coefficient (Wildman–Crippen LogP) is -0.470. The smallest absolute Gasteiger partial charge is 0.358 e. The molecule has 0 aliphatic carbocycles. The number of nitro groups is 1. The van der Waals surface area contributed by atoms with Crippen LogP contribution in [0.4, 0.5) is 5.82 Å². The van der Waals surface area contributed by atoms with Gasteiger partial charge in [-0.15, -0.1) is 0 Å². The average molecular weight is 281 g/mol. The van der Waals surface area contributed by atoms with Crippen molar-refractivity contribution in [1.82, 2.24) is 19.8 Å². The van der Waals surface area contributed by atoms with Gasteiger partial charge in [-0.1, -0.05) is 0 Å². The van der Waals surface area contributed by atoms with Crippen LogP contribution in [0.25, 0.3) is 0 Å². The number of hydrogen-bond acceptors (Lipinski definition) is 5. The van der Waals surface area contributed by atoms with E-state index in [-0.39, 0.29) is 24.1 Å². The Hall–Kier alpha value is -2.45. The second-order valence-electron chi connectivity index (χ2n) is 4.46. The summed E-state index contributed by atoms with van der Waals surface area (Å²) >= 11 is 0.